The van der Waals surface area contributed by atoms with Crippen molar-refractivity contribution in [3.63, 3.8) is 0 Å². The smallest absolute Gasteiger partial charge is 0.338 e. The first-order valence-corrected chi connectivity index (χ1v) is 9.45. The second-order valence-corrected chi connectivity index (χ2v) is 8.38. The van der Waals surface area contributed by atoms with Gasteiger partial charge in [-0.15, -0.1) is 0 Å². The van der Waals surface area contributed by atoms with Gasteiger partial charge in [-0.05, 0) is 28.7 Å². The summed E-state index contributed by atoms with van der Waals surface area (Å²) in [6, 6.07) is 13.4. The number of nitrogens with zero attached hydrogens (tertiary/aromatic N) is 2. The van der Waals surface area contributed by atoms with E-state index in [2.05, 4.69) is 20.8 Å². The van der Waals surface area contributed by atoms with Gasteiger partial charge in [-0.25, -0.2) is 9.36 Å². The highest BCUT2D eigenvalue weighted by atomic mass is 35.5. The van der Waals surface area contributed by atoms with Gasteiger partial charge < -0.3 is 5.11 Å². The predicted octanol–water partition coefficient (Wildman–Crippen LogP) is 4.36. The molecule has 0 aliphatic heterocycles. The van der Waals surface area contributed by atoms with Crippen LogP contribution >= 0.6 is 23.2 Å². The Labute approximate surface area is 172 Å². The molecule has 0 aliphatic rings. The summed E-state index contributed by atoms with van der Waals surface area (Å²) in [4.78, 5) is 25.4. The van der Waals surface area contributed by atoms with Crippen molar-refractivity contribution in [2.45, 2.75) is 32.7 Å². The van der Waals surface area contributed by atoms with Crippen LogP contribution in [-0.4, -0.2) is 14.2 Å². The SMILES string of the molecule is CC(C)(C)c1ccc(Cn2c(O)cc(=O)n(-c3c(Cl)cccc3Cl)c2=O)cc1. The Balaban J connectivity index is 2.11. The number of hydrogen-bond acceptors (Lipinski definition) is 3. The van der Waals surface area contributed by atoms with Gasteiger partial charge in [0, 0.05) is 0 Å². The highest BCUT2D eigenvalue weighted by Crippen LogP contribution is 2.27. The van der Waals surface area contributed by atoms with E-state index >= 15 is 0 Å². The zero-order valence-electron chi connectivity index (χ0n) is 15.7. The quantitative estimate of drug-likeness (QED) is 0.686. The molecule has 1 heterocycles. The number of para-hydroxylation sites is 1. The molecule has 0 bridgehead atoms. The minimum absolute atomic E-state index is 0.00550. The Hall–Kier alpha value is -2.50. The number of benzene rings is 2. The fraction of sp³-hybridized carbons (Fsp3) is 0.238. The topological polar surface area (TPSA) is 64.2 Å². The summed E-state index contributed by atoms with van der Waals surface area (Å²) in [5, 5.41) is 10.5. The predicted molar refractivity (Wildman–Crippen MR) is 112 cm³/mol. The van der Waals surface area contributed by atoms with E-state index in [4.69, 9.17) is 23.2 Å². The lowest BCUT2D eigenvalue weighted by molar-refractivity contribution is 0.405. The van der Waals surface area contributed by atoms with Crippen molar-refractivity contribution in [2.75, 3.05) is 0 Å². The third-order valence-corrected chi connectivity index (χ3v) is 5.10. The highest BCUT2D eigenvalue weighted by molar-refractivity contribution is 6.37. The van der Waals surface area contributed by atoms with Crippen LogP contribution < -0.4 is 11.2 Å². The molecular formula is C21H20Cl2N2O3. The van der Waals surface area contributed by atoms with Crippen molar-refractivity contribution in [2.24, 2.45) is 0 Å². The van der Waals surface area contributed by atoms with E-state index in [1.54, 1.807) is 6.07 Å². The van der Waals surface area contributed by atoms with Crippen LogP contribution in [0.1, 0.15) is 31.9 Å². The molecule has 0 unspecified atom stereocenters. The van der Waals surface area contributed by atoms with Gasteiger partial charge in [0.2, 0.25) is 5.88 Å². The normalized spacial score (nSPS) is 11.6. The van der Waals surface area contributed by atoms with Crippen LogP contribution in [-0.2, 0) is 12.0 Å². The first-order chi connectivity index (χ1) is 13.1. The number of halogens is 2. The van der Waals surface area contributed by atoms with Crippen LogP contribution in [0.2, 0.25) is 10.0 Å². The molecule has 2 aromatic carbocycles. The van der Waals surface area contributed by atoms with E-state index in [0.717, 1.165) is 26.3 Å². The van der Waals surface area contributed by atoms with Gasteiger partial charge in [-0.3, -0.25) is 9.36 Å². The lowest BCUT2D eigenvalue weighted by Gasteiger charge is -2.19. The molecule has 1 N–H and O–H groups in total. The molecule has 3 rings (SSSR count). The van der Waals surface area contributed by atoms with Crippen molar-refractivity contribution < 1.29 is 5.11 Å². The fourth-order valence-electron chi connectivity index (χ4n) is 2.92. The van der Waals surface area contributed by atoms with E-state index in [1.807, 2.05) is 24.3 Å². The summed E-state index contributed by atoms with van der Waals surface area (Å²) in [5.41, 5.74) is 0.627. The summed E-state index contributed by atoms with van der Waals surface area (Å²) >= 11 is 12.3. The number of rotatable bonds is 3. The van der Waals surface area contributed by atoms with Gasteiger partial charge in [-0.1, -0.05) is 74.3 Å². The molecule has 28 heavy (non-hydrogen) atoms. The van der Waals surface area contributed by atoms with Crippen LogP contribution in [0.3, 0.4) is 0 Å². The van der Waals surface area contributed by atoms with Crippen molar-refractivity contribution in [3.8, 4) is 11.6 Å². The Morgan fingerprint density at radius 1 is 0.964 bits per heavy atom. The second-order valence-electron chi connectivity index (χ2n) is 7.56. The molecule has 0 radical (unpaired) electrons. The molecule has 0 spiro atoms. The molecule has 1 aromatic heterocycles. The fourth-order valence-corrected chi connectivity index (χ4v) is 3.48. The number of aromatic nitrogens is 2. The average molecular weight is 419 g/mol. The van der Waals surface area contributed by atoms with Crippen LogP contribution in [0.15, 0.2) is 58.1 Å². The average Bonchev–Trinajstić information content (AvgIpc) is 2.60. The Morgan fingerprint density at radius 2 is 1.54 bits per heavy atom. The summed E-state index contributed by atoms with van der Waals surface area (Å²) in [6.07, 6.45) is 0. The molecule has 0 saturated heterocycles. The minimum atomic E-state index is -0.722. The van der Waals surface area contributed by atoms with Gasteiger partial charge in [0.25, 0.3) is 5.56 Å². The molecule has 146 valence electrons. The summed E-state index contributed by atoms with van der Waals surface area (Å²) in [5.74, 6) is -0.422. The van der Waals surface area contributed by atoms with Crippen molar-refractivity contribution in [3.05, 3.63) is 90.5 Å². The molecule has 0 saturated carbocycles. The first kappa shape index (κ1) is 20.2. The number of aromatic hydroxyl groups is 1. The van der Waals surface area contributed by atoms with Gasteiger partial charge in [0.15, 0.2) is 0 Å². The van der Waals surface area contributed by atoms with Gasteiger partial charge in [-0.2, -0.15) is 0 Å². The van der Waals surface area contributed by atoms with E-state index < -0.39 is 17.1 Å². The minimum Gasteiger partial charge on any atom is -0.494 e. The van der Waals surface area contributed by atoms with Crippen LogP contribution in [0.4, 0.5) is 0 Å². The molecule has 0 atom stereocenters. The second kappa shape index (κ2) is 7.49. The maximum atomic E-state index is 13.0. The Kier molecular flexibility index (Phi) is 5.41. The van der Waals surface area contributed by atoms with Crippen molar-refractivity contribution in [1.82, 2.24) is 9.13 Å². The third kappa shape index (κ3) is 3.86. The Morgan fingerprint density at radius 3 is 2.07 bits per heavy atom. The largest absolute Gasteiger partial charge is 0.494 e. The van der Waals surface area contributed by atoms with Crippen LogP contribution in [0.5, 0.6) is 5.88 Å². The Bertz CT molecular complexity index is 1120. The molecule has 7 heteroatoms. The van der Waals surface area contributed by atoms with Crippen LogP contribution in [0.25, 0.3) is 5.69 Å². The highest BCUT2D eigenvalue weighted by Gasteiger charge is 2.18. The van der Waals surface area contributed by atoms with Gasteiger partial charge >= 0.3 is 5.69 Å². The molecular weight excluding hydrogens is 399 g/mol. The van der Waals surface area contributed by atoms with Crippen molar-refractivity contribution >= 4 is 23.2 Å². The molecule has 3 aromatic rings. The summed E-state index contributed by atoms with van der Waals surface area (Å²) in [7, 11) is 0. The van der Waals surface area contributed by atoms with E-state index in [9.17, 15) is 14.7 Å². The maximum Gasteiger partial charge on any atom is 0.338 e. The maximum absolute atomic E-state index is 13.0. The lowest BCUT2D eigenvalue weighted by Crippen LogP contribution is -2.38. The summed E-state index contributed by atoms with van der Waals surface area (Å²) in [6.45, 7) is 6.43. The van der Waals surface area contributed by atoms with Crippen LogP contribution in [0, 0.1) is 0 Å². The molecule has 0 aliphatic carbocycles. The standard InChI is InChI=1S/C21H20Cl2N2O3/c1-21(2,3)14-9-7-13(8-10-14)12-24-17(26)11-18(27)25(20(24)28)19-15(22)5-4-6-16(19)23/h4-11,26H,12H2,1-3H3. The molecule has 0 fully saturated rings. The molecule has 5 nitrogen and oxygen atoms in total. The monoisotopic (exact) mass is 418 g/mol. The lowest BCUT2D eigenvalue weighted by atomic mass is 9.87. The first-order valence-electron chi connectivity index (χ1n) is 8.69. The zero-order chi connectivity index (χ0) is 20.6. The van der Waals surface area contributed by atoms with Gasteiger partial charge in [0.05, 0.1) is 28.3 Å². The van der Waals surface area contributed by atoms with Gasteiger partial charge in [0.1, 0.15) is 0 Å². The summed E-state index contributed by atoms with van der Waals surface area (Å²) < 4.78 is 1.97. The third-order valence-electron chi connectivity index (χ3n) is 4.49. The van der Waals surface area contributed by atoms with E-state index in [0.29, 0.717) is 0 Å². The molecule has 0 amide bonds. The number of hydrogen-bond donors (Lipinski definition) is 1. The van der Waals surface area contributed by atoms with E-state index in [1.165, 1.54) is 12.1 Å². The van der Waals surface area contributed by atoms with Crippen molar-refractivity contribution in [1.29, 1.82) is 0 Å². The van der Waals surface area contributed by atoms with E-state index in [-0.39, 0.29) is 27.7 Å². The zero-order valence-corrected chi connectivity index (χ0v) is 17.3.